The van der Waals surface area contributed by atoms with Crippen molar-refractivity contribution >= 4 is 28.1 Å². The highest BCUT2D eigenvalue weighted by Gasteiger charge is 2.40. The van der Waals surface area contributed by atoms with Crippen LogP contribution in [-0.2, 0) is 0 Å². The predicted molar refractivity (Wildman–Crippen MR) is 87.4 cm³/mol. The lowest BCUT2D eigenvalue weighted by molar-refractivity contribution is 0.235. The summed E-state index contributed by atoms with van der Waals surface area (Å²) in [7, 11) is 0. The fourth-order valence-electron chi connectivity index (χ4n) is 3.27. The highest BCUT2D eigenvalue weighted by molar-refractivity contribution is 9.12. The van der Waals surface area contributed by atoms with Crippen LogP contribution in [0.15, 0.2) is 57.2 Å². The zero-order valence-electron chi connectivity index (χ0n) is 11.4. The quantitative estimate of drug-likeness (QED) is 0.733. The normalized spacial score (nSPS) is 30.3. The molecule has 1 aliphatic carbocycles. The lowest BCUT2D eigenvalue weighted by Crippen LogP contribution is -2.47. The highest BCUT2D eigenvalue weighted by Crippen LogP contribution is 2.41. The Hall–Kier alpha value is -1.75. The van der Waals surface area contributed by atoms with E-state index < -0.39 is 0 Å². The van der Waals surface area contributed by atoms with Gasteiger partial charge in [0.1, 0.15) is 6.04 Å². The molecule has 0 bridgehead atoms. The lowest BCUT2D eigenvalue weighted by atomic mass is 9.80. The number of aliphatic imine (C=N–C) groups is 2. The summed E-state index contributed by atoms with van der Waals surface area (Å²) >= 11 is 3.51. The molecule has 1 aromatic rings. The number of guanidine groups is 1. The Balaban J connectivity index is 1.80. The predicted octanol–water partition coefficient (Wildman–Crippen LogP) is 3.45. The van der Waals surface area contributed by atoms with Gasteiger partial charge in [0, 0.05) is 24.5 Å². The van der Waals surface area contributed by atoms with E-state index in [-0.39, 0.29) is 6.04 Å². The van der Waals surface area contributed by atoms with Crippen molar-refractivity contribution in [3.8, 4) is 0 Å². The fourth-order valence-corrected chi connectivity index (χ4v) is 3.59. The third-order valence-corrected chi connectivity index (χ3v) is 4.62. The molecule has 1 aromatic heterocycles. The van der Waals surface area contributed by atoms with Crippen molar-refractivity contribution in [2.75, 3.05) is 0 Å². The van der Waals surface area contributed by atoms with Gasteiger partial charge >= 0.3 is 0 Å². The number of hydrogen-bond acceptors (Lipinski definition) is 4. The van der Waals surface area contributed by atoms with Crippen molar-refractivity contribution in [2.24, 2.45) is 15.9 Å². The van der Waals surface area contributed by atoms with E-state index in [9.17, 15) is 0 Å². The maximum atomic E-state index is 4.88. The minimum atomic E-state index is 0.0924. The molecule has 3 unspecified atom stereocenters. The molecule has 0 amide bonds. The molecule has 0 radical (unpaired) electrons. The average Bonchev–Trinajstić information content (AvgIpc) is 2.55. The second kappa shape index (κ2) is 5.22. The molecule has 5 heteroatoms. The largest absolute Gasteiger partial charge is 0.309 e. The van der Waals surface area contributed by atoms with Gasteiger partial charge in [-0.05, 0) is 40.9 Å². The summed E-state index contributed by atoms with van der Waals surface area (Å²) in [5.41, 5.74) is 1.04. The smallest absolute Gasteiger partial charge is 0.226 e. The Kier molecular flexibility index (Phi) is 3.22. The van der Waals surface area contributed by atoms with E-state index in [1.807, 2.05) is 18.3 Å². The van der Waals surface area contributed by atoms with Crippen LogP contribution in [0, 0.1) is 5.92 Å². The van der Waals surface area contributed by atoms with Crippen molar-refractivity contribution in [1.29, 1.82) is 0 Å². The van der Waals surface area contributed by atoms with Crippen molar-refractivity contribution in [3.05, 3.63) is 52.9 Å². The van der Waals surface area contributed by atoms with Gasteiger partial charge in [0.15, 0.2) is 0 Å². The summed E-state index contributed by atoms with van der Waals surface area (Å²) in [6, 6.07) is 6.45. The Morgan fingerprint density at radius 1 is 1.29 bits per heavy atom. The zero-order chi connectivity index (χ0) is 14.2. The SMILES string of the molecule is BrC1=CN2C(=NC(c3ccccn3)C3CCC=CC32)N=C1. The minimum Gasteiger partial charge on any atom is -0.309 e. The van der Waals surface area contributed by atoms with Crippen LogP contribution in [0.3, 0.4) is 0 Å². The molecule has 0 aromatic carbocycles. The summed E-state index contributed by atoms with van der Waals surface area (Å²) < 4.78 is 0.982. The van der Waals surface area contributed by atoms with Gasteiger partial charge < -0.3 is 4.90 Å². The second-order valence-electron chi connectivity index (χ2n) is 5.47. The first-order valence-electron chi connectivity index (χ1n) is 7.18. The molecule has 0 spiro atoms. The van der Waals surface area contributed by atoms with Crippen LogP contribution in [0.1, 0.15) is 24.6 Å². The lowest BCUT2D eigenvalue weighted by Gasteiger charge is -2.43. The van der Waals surface area contributed by atoms with Gasteiger partial charge in [0.05, 0.1) is 16.2 Å². The van der Waals surface area contributed by atoms with Crippen LogP contribution in [0.4, 0.5) is 0 Å². The third-order valence-electron chi connectivity index (χ3n) is 4.21. The Bertz CT molecular complexity index is 662. The molecule has 4 nitrogen and oxygen atoms in total. The van der Waals surface area contributed by atoms with E-state index in [1.54, 1.807) is 6.21 Å². The maximum absolute atomic E-state index is 4.88. The van der Waals surface area contributed by atoms with Gasteiger partial charge in [0.25, 0.3) is 0 Å². The molecule has 106 valence electrons. The number of halogens is 1. The van der Waals surface area contributed by atoms with Crippen LogP contribution >= 0.6 is 15.9 Å². The van der Waals surface area contributed by atoms with E-state index in [0.717, 1.165) is 29.0 Å². The van der Waals surface area contributed by atoms with Crippen LogP contribution in [0.5, 0.6) is 0 Å². The van der Waals surface area contributed by atoms with E-state index in [0.29, 0.717) is 12.0 Å². The van der Waals surface area contributed by atoms with Crippen molar-refractivity contribution in [3.63, 3.8) is 0 Å². The summed E-state index contributed by atoms with van der Waals surface area (Å²) in [6.07, 6.45) is 12.5. The number of hydrogen-bond donors (Lipinski definition) is 0. The van der Waals surface area contributed by atoms with Crippen LogP contribution in [-0.4, -0.2) is 28.1 Å². The number of aromatic nitrogens is 1. The number of fused-ring (bicyclic) bond motifs is 3. The third kappa shape index (κ3) is 2.25. The standard InChI is InChI=1S/C16H15BrN4/c17-11-9-19-16-20-15(13-6-3-4-8-18-13)12-5-1-2-7-14(12)21(16)10-11/h2-4,6-10,12,14-15H,1,5H2. The van der Waals surface area contributed by atoms with Gasteiger partial charge in [-0.2, -0.15) is 0 Å². The molecular weight excluding hydrogens is 328 g/mol. The van der Waals surface area contributed by atoms with Gasteiger partial charge in [-0.1, -0.05) is 18.2 Å². The summed E-state index contributed by atoms with van der Waals surface area (Å²) in [6.45, 7) is 0. The van der Waals surface area contributed by atoms with E-state index in [2.05, 4.69) is 55.2 Å². The molecule has 0 N–H and O–H groups in total. The monoisotopic (exact) mass is 342 g/mol. The highest BCUT2D eigenvalue weighted by atomic mass is 79.9. The number of nitrogens with zero attached hydrogens (tertiary/aromatic N) is 4. The summed E-state index contributed by atoms with van der Waals surface area (Å²) in [4.78, 5) is 16.0. The molecular formula is C16H15BrN4. The van der Waals surface area contributed by atoms with E-state index in [4.69, 9.17) is 4.99 Å². The Labute approximate surface area is 132 Å². The molecule has 3 aliphatic rings. The molecule has 0 fully saturated rings. The first kappa shape index (κ1) is 13.0. The number of allylic oxidation sites excluding steroid dienone is 2. The van der Waals surface area contributed by atoms with Gasteiger partial charge in [-0.15, -0.1) is 0 Å². The molecule has 2 aliphatic heterocycles. The Morgan fingerprint density at radius 3 is 3.10 bits per heavy atom. The molecule has 0 saturated heterocycles. The first-order valence-corrected chi connectivity index (χ1v) is 7.97. The van der Waals surface area contributed by atoms with Crippen LogP contribution in [0.25, 0.3) is 0 Å². The van der Waals surface area contributed by atoms with Gasteiger partial charge in [-0.3, -0.25) is 4.98 Å². The summed E-state index contributed by atoms with van der Waals surface area (Å²) in [5.74, 6) is 1.22. The topological polar surface area (TPSA) is 40.9 Å². The number of rotatable bonds is 1. The van der Waals surface area contributed by atoms with E-state index in [1.165, 1.54) is 0 Å². The zero-order valence-corrected chi connectivity index (χ0v) is 13.0. The molecule has 3 atom stereocenters. The second-order valence-corrected chi connectivity index (χ2v) is 6.38. The molecule has 3 heterocycles. The maximum Gasteiger partial charge on any atom is 0.226 e. The summed E-state index contributed by atoms with van der Waals surface area (Å²) in [5, 5.41) is 0. The van der Waals surface area contributed by atoms with Crippen molar-refractivity contribution in [1.82, 2.24) is 9.88 Å². The average molecular weight is 343 g/mol. The van der Waals surface area contributed by atoms with Crippen LogP contribution < -0.4 is 0 Å². The minimum absolute atomic E-state index is 0.0924. The molecule has 21 heavy (non-hydrogen) atoms. The molecule has 4 rings (SSSR count). The van der Waals surface area contributed by atoms with Crippen molar-refractivity contribution < 1.29 is 0 Å². The molecule has 0 saturated carbocycles. The fraction of sp³-hybridized carbons (Fsp3) is 0.312. The van der Waals surface area contributed by atoms with E-state index >= 15 is 0 Å². The number of pyridine rings is 1. The van der Waals surface area contributed by atoms with Crippen LogP contribution in [0.2, 0.25) is 0 Å². The Morgan fingerprint density at radius 2 is 2.24 bits per heavy atom. The first-order chi connectivity index (χ1) is 10.3. The van der Waals surface area contributed by atoms with Crippen molar-refractivity contribution in [2.45, 2.75) is 24.9 Å². The van der Waals surface area contributed by atoms with Gasteiger partial charge in [0.2, 0.25) is 5.96 Å². The van der Waals surface area contributed by atoms with Gasteiger partial charge in [-0.25, -0.2) is 9.98 Å².